The van der Waals surface area contributed by atoms with Crippen LogP contribution in [0.15, 0.2) is 138 Å². The van der Waals surface area contributed by atoms with E-state index in [1.54, 1.807) is 36.7 Å². The molecule has 1 aromatic heterocycles. The summed E-state index contributed by atoms with van der Waals surface area (Å²) in [5, 5.41) is 0. The number of amidine groups is 1. The first-order chi connectivity index (χ1) is 21.5. The van der Waals surface area contributed by atoms with E-state index in [0.29, 0.717) is 33.6 Å². The fourth-order valence-electron chi connectivity index (χ4n) is 5.83. The fourth-order valence-corrected chi connectivity index (χ4v) is 9.55. The maximum atomic E-state index is 16.4. The van der Waals surface area contributed by atoms with Crippen molar-refractivity contribution in [3.8, 4) is 22.3 Å². The molecule has 0 saturated heterocycles. The van der Waals surface area contributed by atoms with Gasteiger partial charge in [-0.05, 0) is 34.9 Å². The lowest BCUT2D eigenvalue weighted by Gasteiger charge is -2.17. The lowest BCUT2D eigenvalue weighted by molar-refractivity contribution is 0.0480. The minimum atomic E-state index is -3.19. The van der Waals surface area contributed by atoms with E-state index in [-0.39, 0.29) is 11.1 Å². The molecule has 44 heavy (non-hydrogen) atoms. The summed E-state index contributed by atoms with van der Waals surface area (Å²) in [6.07, 6.45) is 3.25. The van der Waals surface area contributed by atoms with Crippen LogP contribution in [-0.4, -0.2) is 27.7 Å². The summed E-state index contributed by atoms with van der Waals surface area (Å²) in [6.45, 7) is 0. The highest BCUT2D eigenvalue weighted by Crippen LogP contribution is 2.52. The Morgan fingerprint density at radius 3 is 1.93 bits per heavy atom. The van der Waals surface area contributed by atoms with Gasteiger partial charge in [-0.15, -0.1) is 0 Å². The zero-order valence-electron chi connectivity index (χ0n) is 23.3. The van der Waals surface area contributed by atoms with Gasteiger partial charge in [0.2, 0.25) is 0 Å². The number of para-hydroxylation sites is 1. The number of hydrogen-bond acceptors (Lipinski definition) is 4. The van der Waals surface area contributed by atoms with Crippen LogP contribution in [0.5, 0.6) is 0 Å². The van der Waals surface area contributed by atoms with Crippen molar-refractivity contribution in [2.45, 2.75) is 5.92 Å². The van der Waals surface area contributed by atoms with E-state index in [1.165, 1.54) is 0 Å². The smallest absolute Gasteiger partial charge is 0.253 e. The normalized spacial score (nSPS) is 15.5. The van der Waals surface area contributed by atoms with E-state index in [9.17, 15) is 0 Å². The molecular weight excluding hydrogens is 665 g/mol. The number of hydrogen-bond donors (Lipinski definition) is 0. The number of halogens is 3. The lowest BCUT2D eigenvalue weighted by atomic mass is 9.97. The van der Waals surface area contributed by atoms with E-state index in [4.69, 9.17) is 9.98 Å². The van der Waals surface area contributed by atoms with Crippen molar-refractivity contribution in [2.24, 2.45) is 9.98 Å². The van der Waals surface area contributed by atoms with Gasteiger partial charge in [0, 0.05) is 45.8 Å². The van der Waals surface area contributed by atoms with Gasteiger partial charge in [0.25, 0.3) is 5.92 Å². The van der Waals surface area contributed by atoms with E-state index in [2.05, 4.69) is 14.5 Å². The largest absolute Gasteiger partial charge is 0.299 e. The minimum Gasteiger partial charge on any atom is -0.253 e. The monoisotopic (exact) mass is 688 g/mol. The van der Waals surface area contributed by atoms with Crippen LogP contribution in [0.2, 0.25) is 0 Å². The molecule has 0 N–H and O–H groups in total. The Bertz CT molecular complexity index is 2260. The lowest BCUT2D eigenvalue weighted by Crippen LogP contribution is -2.14. The SMILES string of the molecule is C=I1=C(c2ccc3c(c2)C(F)(F)c2cc(-c4cccc5nccnc45)ccc2-3)N=C(c2ccccc2)N=C1c1ccccc1. The Hall–Kier alpha value is -4.89. The van der Waals surface area contributed by atoms with E-state index >= 15 is 8.78 Å². The molecule has 0 unspecified atom stereocenters. The summed E-state index contributed by atoms with van der Waals surface area (Å²) in [4.78, 5) is 18.8. The molecule has 0 bridgehead atoms. The fraction of sp³-hybridized carbons (Fsp3) is 0.0270. The highest BCUT2D eigenvalue weighted by molar-refractivity contribution is 14.2. The van der Waals surface area contributed by atoms with Gasteiger partial charge in [0.05, 0.1) is 11.0 Å². The molecule has 2 aliphatic rings. The molecule has 0 radical (unpaired) electrons. The van der Waals surface area contributed by atoms with Crippen LogP contribution >= 0.6 is 18.9 Å². The predicted molar refractivity (Wildman–Crippen MR) is 185 cm³/mol. The Kier molecular flexibility index (Phi) is 6.30. The molecule has 5 aromatic carbocycles. The van der Waals surface area contributed by atoms with Gasteiger partial charge in [-0.3, -0.25) is 9.97 Å². The van der Waals surface area contributed by atoms with Crippen molar-refractivity contribution < 1.29 is 8.78 Å². The predicted octanol–water partition coefficient (Wildman–Crippen LogP) is 8.74. The van der Waals surface area contributed by atoms with Crippen molar-refractivity contribution in [1.29, 1.82) is 0 Å². The third kappa shape index (κ3) is 4.30. The molecule has 1 aliphatic carbocycles. The van der Waals surface area contributed by atoms with Gasteiger partial charge >= 0.3 is 0 Å². The van der Waals surface area contributed by atoms with Crippen molar-refractivity contribution in [3.63, 3.8) is 0 Å². The highest BCUT2D eigenvalue weighted by atomic mass is 127. The molecule has 1 aliphatic heterocycles. The van der Waals surface area contributed by atoms with Crippen LogP contribution in [0.4, 0.5) is 8.78 Å². The molecule has 2 heterocycles. The number of fused-ring (bicyclic) bond motifs is 4. The first kappa shape index (κ1) is 26.7. The van der Waals surface area contributed by atoms with Crippen molar-refractivity contribution in [1.82, 2.24) is 9.97 Å². The van der Waals surface area contributed by atoms with Gasteiger partial charge in [-0.1, -0.05) is 120 Å². The van der Waals surface area contributed by atoms with Crippen LogP contribution in [0.25, 0.3) is 33.3 Å². The summed E-state index contributed by atoms with van der Waals surface area (Å²) < 4.78 is 39.0. The van der Waals surface area contributed by atoms with Crippen molar-refractivity contribution in [3.05, 3.63) is 155 Å². The van der Waals surface area contributed by atoms with Crippen molar-refractivity contribution >= 4 is 47.6 Å². The second kappa shape index (κ2) is 10.4. The Labute approximate surface area is 258 Å². The molecule has 0 fully saturated rings. The summed E-state index contributed by atoms with van der Waals surface area (Å²) >= 11 is -2.41. The third-order valence-electron chi connectivity index (χ3n) is 7.94. The average molecular weight is 689 g/mol. The molecule has 0 spiro atoms. The van der Waals surface area contributed by atoms with E-state index in [0.717, 1.165) is 29.6 Å². The number of benzene rings is 5. The summed E-state index contributed by atoms with van der Waals surface area (Å²) in [5.41, 5.74) is 6.40. The molecule has 212 valence electrons. The minimum absolute atomic E-state index is 0.0123. The van der Waals surface area contributed by atoms with Gasteiger partial charge in [-0.25, -0.2) is 9.98 Å². The maximum absolute atomic E-state index is 16.4. The van der Waals surface area contributed by atoms with Crippen LogP contribution in [0, 0.1) is 0 Å². The number of rotatable bonds is 4. The molecular formula is C37H23F2IN4. The topological polar surface area (TPSA) is 50.5 Å². The number of aliphatic imine (C=N–C) groups is 2. The molecule has 4 nitrogen and oxygen atoms in total. The first-order valence-electron chi connectivity index (χ1n) is 14.0. The summed E-state index contributed by atoms with van der Waals surface area (Å²) in [7, 11) is 0. The maximum Gasteiger partial charge on any atom is 0.299 e. The molecule has 7 heteroatoms. The zero-order valence-corrected chi connectivity index (χ0v) is 25.4. The quantitative estimate of drug-likeness (QED) is 0.174. The molecule has 6 aromatic rings. The zero-order chi connectivity index (χ0) is 29.8. The molecule has 8 rings (SSSR count). The third-order valence-corrected chi connectivity index (χ3v) is 12.1. The first-order valence-corrected chi connectivity index (χ1v) is 17.7. The highest BCUT2D eigenvalue weighted by Gasteiger charge is 2.45. The number of nitrogens with zero attached hydrogens (tertiary/aromatic N) is 4. The van der Waals surface area contributed by atoms with Gasteiger partial charge in [0.15, 0.2) is 5.84 Å². The summed E-state index contributed by atoms with van der Waals surface area (Å²) in [6, 6.07) is 35.9. The molecule has 0 amide bonds. The second-order valence-electron chi connectivity index (χ2n) is 10.5. The Morgan fingerprint density at radius 1 is 0.568 bits per heavy atom. The van der Waals surface area contributed by atoms with E-state index < -0.39 is 24.8 Å². The second-order valence-corrected chi connectivity index (χ2v) is 14.7. The van der Waals surface area contributed by atoms with Gasteiger partial charge < -0.3 is 0 Å². The Balaban J connectivity index is 1.26. The standard InChI is InChI=1S/C37H23F2IN4/c1-40-34(23-9-4-2-5-10-23)43-36(24-11-6-3-7-12-24)44-35(40)26-16-18-29-28-17-15-25(21-30(28)37(38,39)31(29)22-26)27-13-8-14-32-33(27)42-20-19-41-32/h2-22H,1H2. The summed E-state index contributed by atoms with van der Waals surface area (Å²) in [5.74, 6) is -2.62. The Morgan fingerprint density at radius 2 is 1.20 bits per heavy atom. The van der Waals surface area contributed by atoms with Crippen molar-refractivity contribution in [2.75, 3.05) is 0 Å². The van der Waals surface area contributed by atoms with E-state index in [1.807, 2.05) is 91.0 Å². The van der Waals surface area contributed by atoms with Crippen LogP contribution in [-0.2, 0) is 5.92 Å². The van der Waals surface area contributed by atoms with Crippen LogP contribution in [0.3, 0.4) is 0 Å². The van der Waals surface area contributed by atoms with Gasteiger partial charge in [0.1, 0.15) is 7.35 Å². The average Bonchev–Trinajstić information content (AvgIpc) is 3.30. The molecule has 0 saturated carbocycles. The number of aromatic nitrogens is 2. The molecule has 0 atom stereocenters. The van der Waals surface area contributed by atoms with Crippen LogP contribution in [0.1, 0.15) is 27.8 Å². The van der Waals surface area contributed by atoms with Gasteiger partial charge in [-0.2, -0.15) is 8.78 Å². The van der Waals surface area contributed by atoms with Crippen LogP contribution < -0.4 is 0 Å². The number of alkyl halides is 2.